The molecule has 0 unspecified atom stereocenters. The Labute approximate surface area is 197 Å². The lowest BCUT2D eigenvalue weighted by atomic mass is 10.00. The molecule has 32 heavy (non-hydrogen) atoms. The van der Waals surface area contributed by atoms with E-state index in [9.17, 15) is 9.59 Å². The molecule has 0 N–H and O–H groups in total. The zero-order valence-electron chi connectivity index (χ0n) is 17.5. The van der Waals surface area contributed by atoms with E-state index in [4.69, 9.17) is 9.98 Å². The Balaban J connectivity index is 1.49. The number of aromatic nitrogens is 2. The smallest absolute Gasteiger partial charge is 0.259 e. The number of aliphatic imine (C=N–C) groups is 2. The van der Waals surface area contributed by atoms with Crippen molar-refractivity contribution in [2.45, 2.75) is 32.1 Å². The number of nitrogens with zero attached hydrogens (tertiary/aromatic N) is 5. The summed E-state index contributed by atoms with van der Waals surface area (Å²) in [7, 11) is 0. The molecular weight excluding hydrogens is 490 g/mol. The first-order valence-corrected chi connectivity index (χ1v) is 12.1. The van der Waals surface area contributed by atoms with E-state index in [0.29, 0.717) is 28.1 Å². The fourth-order valence-electron chi connectivity index (χ4n) is 3.80. The van der Waals surface area contributed by atoms with Crippen molar-refractivity contribution < 1.29 is 4.79 Å². The number of hydrogen-bond acceptors (Lipinski definition) is 6. The molecular formula is C23H20BrN5O2S. The number of carbonyl (C=O) groups excluding carboxylic acids is 1. The third kappa shape index (κ3) is 3.59. The number of amidine groups is 2. The second-order valence-corrected chi connectivity index (χ2v) is 9.68. The minimum absolute atomic E-state index is 0.0495. The van der Waals surface area contributed by atoms with Gasteiger partial charge in [0.1, 0.15) is 17.5 Å². The van der Waals surface area contributed by atoms with Gasteiger partial charge in [-0.1, -0.05) is 44.2 Å². The fourth-order valence-corrected chi connectivity index (χ4v) is 5.03. The first-order valence-electron chi connectivity index (χ1n) is 10.4. The molecule has 0 aliphatic carbocycles. The topological polar surface area (TPSA) is 79.4 Å². The highest BCUT2D eigenvalue weighted by Gasteiger charge is 2.42. The lowest BCUT2D eigenvalue weighted by Crippen LogP contribution is -2.42. The van der Waals surface area contributed by atoms with Gasteiger partial charge in [-0.2, -0.15) is 0 Å². The maximum atomic E-state index is 13.3. The van der Waals surface area contributed by atoms with Crippen molar-refractivity contribution in [3.8, 4) is 0 Å². The minimum Gasteiger partial charge on any atom is -0.271 e. The molecule has 0 bridgehead atoms. The Kier molecular flexibility index (Phi) is 5.46. The van der Waals surface area contributed by atoms with Crippen LogP contribution in [0.2, 0.25) is 0 Å². The van der Waals surface area contributed by atoms with Crippen LogP contribution in [0.5, 0.6) is 0 Å². The summed E-state index contributed by atoms with van der Waals surface area (Å²) in [5.74, 6) is 1.16. The van der Waals surface area contributed by atoms with Crippen LogP contribution < -0.4 is 5.56 Å². The summed E-state index contributed by atoms with van der Waals surface area (Å²) < 4.78 is 2.31. The second kappa shape index (κ2) is 8.29. The molecule has 2 aliphatic heterocycles. The minimum atomic E-state index is -0.408. The monoisotopic (exact) mass is 509 g/mol. The van der Waals surface area contributed by atoms with Gasteiger partial charge in [0.25, 0.3) is 11.5 Å². The van der Waals surface area contributed by atoms with E-state index in [-0.39, 0.29) is 17.4 Å². The van der Waals surface area contributed by atoms with Gasteiger partial charge in [-0.25, -0.2) is 14.9 Å². The first-order chi connectivity index (χ1) is 15.5. The second-order valence-electron chi connectivity index (χ2n) is 7.82. The summed E-state index contributed by atoms with van der Waals surface area (Å²) in [5, 5.41) is 0.566. The van der Waals surface area contributed by atoms with Crippen molar-refractivity contribution in [2.24, 2.45) is 15.9 Å². The number of amides is 1. The number of carbonyl (C=O) groups is 1. The van der Waals surface area contributed by atoms with E-state index in [1.165, 1.54) is 22.2 Å². The van der Waals surface area contributed by atoms with Gasteiger partial charge in [0, 0.05) is 28.1 Å². The van der Waals surface area contributed by atoms with Gasteiger partial charge < -0.3 is 0 Å². The molecule has 0 saturated heterocycles. The molecule has 1 aromatic carbocycles. The average molecular weight is 510 g/mol. The number of halogens is 1. The van der Waals surface area contributed by atoms with Gasteiger partial charge in [0.2, 0.25) is 0 Å². The molecule has 0 saturated carbocycles. The largest absolute Gasteiger partial charge is 0.271 e. The highest BCUT2D eigenvalue weighted by molar-refractivity contribution is 9.10. The Morgan fingerprint density at radius 3 is 2.81 bits per heavy atom. The molecule has 2 aliphatic rings. The molecule has 0 fully saturated rings. The zero-order valence-corrected chi connectivity index (χ0v) is 19.9. The number of thioether (sulfide) groups is 1. The predicted octanol–water partition coefficient (Wildman–Crippen LogP) is 4.40. The predicted molar refractivity (Wildman–Crippen MR) is 131 cm³/mol. The van der Waals surface area contributed by atoms with Gasteiger partial charge in [0.15, 0.2) is 5.17 Å². The molecule has 0 spiro atoms. The number of benzene rings is 1. The molecule has 162 valence electrons. The SMILES string of the molecule is CC[C@@H](C)[C@@H]1N=C2c3ccccc3N=C(SCc3cc(=O)n4cc(Br)ccc4n3)N2C1=O. The summed E-state index contributed by atoms with van der Waals surface area (Å²) in [6, 6.07) is 12.5. The molecule has 9 heteroatoms. The normalized spacial score (nSPS) is 18.3. The Bertz CT molecular complexity index is 1370. The van der Waals surface area contributed by atoms with E-state index >= 15 is 0 Å². The highest BCUT2D eigenvalue weighted by Crippen LogP contribution is 2.35. The standard InChI is InChI=1S/C23H20BrN5O2S/c1-3-13(2)20-22(31)29-21(27-20)16-6-4-5-7-17(16)26-23(29)32-12-15-10-19(30)28-11-14(24)8-9-18(28)25-15/h4-11,13,20H,3,12H2,1-2H3/t13-,20+/m1/s1. The van der Waals surface area contributed by atoms with Crippen LogP contribution in [0.25, 0.3) is 5.65 Å². The maximum absolute atomic E-state index is 13.3. The molecule has 0 radical (unpaired) electrons. The van der Waals surface area contributed by atoms with Crippen LogP contribution in [0.1, 0.15) is 31.5 Å². The number of fused-ring (bicyclic) bond motifs is 4. The first kappa shape index (κ1) is 21.1. The summed E-state index contributed by atoms with van der Waals surface area (Å²) in [4.78, 5) is 41.6. The zero-order chi connectivity index (χ0) is 22.4. The number of rotatable bonds is 4. The van der Waals surface area contributed by atoms with E-state index in [0.717, 1.165) is 22.1 Å². The van der Waals surface area contributed by atoms with Crippen LogP contribution in [0.3, 0.4) is 0 Å². The Morgan fingerprint density at radius 2 is 2.00 bits per heavy atom. The lowest BCUT2D eigenvalue weighted by Gasteiger charge is -2.25. The van der Waals surface area contributed by atoms with Crippen LogP contribution in [-0.4, -0.2) is 37.2 Å². The van der Waals surface area contributed by atoms with Crippen LogP contribution in [0.4, 0.5) is 5.69 Å². The van der Waals surface area contributed by atoms with E-state index in [1.54, 1.807) is 17.2 Å². The molecule has 2 aromatic heterocycles. The summed E-state index contributed by atoms with van der Waals surface area (Å²) in [6.07, 6.45) is 2.56. The summed E-state index contributed by atoms with van der Waals surface area (Å²) >= 11 is 4.77. The molecule has 3 aromatic rings. The van der Waals surface area contributed by atoms with Gasteiger partial charge in [-0.15, -0.1) is 0 Å². The van der Waals surface area contributed by atoms with Crippen molar-refractivity contribution in [2.75, 3.05) is 0 Å². The third-order valence-corrected chi connectivity index (χ3v) is 7.15. The molecule has 4 heterocycles. The highest BCUT2D eigenvalue weighted by atomic mass is 79.9. The number of hydrogen-bond donors (Lipinski definition) is 0. The van der Waals surface area contributed by atoms with Crippen LogP contribution >= 0.6 is 27.7 Å². The molecule has 2 atom stereocenters. The number of pyridine rings is 1. The van der Waals surface area contributed by atoms with Crippen molar-refractivity contribution in [3.63, 3.8) is 0 Å². The maximum Gasteiger partial charge on any atom is 0.259 e. The van der Waals surface area contributed by atoms with Crippen molar-refractivity contribution in [1.82, 2.24) is 14.3 Å². The van der Waals surface area contributed by atoms with E-state index in [1.807, 2.05) is 37.3 Å². The summed E-state index contributed by atoms with van der Waals surface area (Å²) in [5.41, 5.74) is 2.71. The molecule has 5 rings (SSSR count). The summed E-state index contributed by atoms with van der Waals surface area (Å²) in [6.45, 7) is 4.11. The van der Waals surface area contributed by atoms with Crippen LogP contribution in [0, 0.1) is 5.92 Å². The van der Waals surface area contributed by atoms with Crippen LogP contribution in [0.15, 0.2) is 67.9 Å². The van der Waals surface area contributed by atoms with Gasteiger partial charge in [-0.05, 0) is 46.1 Å². The van der Waals surface area contributed by atoms with Crippen molar-refractivity contribution in [3.05, 3.63) is 74.7 Å². The van der Waals surface area contributed by atoms with E-state index in [2.05, 4.69) is 27.8 Å². The number of para-hydroxylation sites is 1. The lowest BCUT2D eigenvalue weighted by molar-refractivity contribution is -0.125. The molecule has 1 amide bonds. The van der Waals surface area contributed by atoms with Gasteiger partial charge >= 0.3 is 0 Å². The third-order valence-electron chi connectivity index (χ3n) is 5.71. The fraction of sp³-hybridized carbons (Fsp3) is 0.261. The van der Waals surface area contributed by atoms with Crippen molar-refractivity contribution >= 4 is 55.9 Å². The molecule has 7 nitrogen and oxygen atoms in total. The van der Waals surface area contributed by atoms with E-state index < -0.39 is 6.04 Å². The van der Waals surface area contributed by atoms with Crippen molar-refractivity contribution in [1.29, 1.82) is 0 Å². The van der Waals surface area contributed by atoms with Crippen LogP contribution in [-0.2, 0) is 10.5 Å². The quantitative estimate of drug-likeness (QED) is 0.522. The Morgan fingerprint density at radius 1 is 1.19 bits per heavy atom. The van der Waals surface area contributed by atoms with Gasteiger partial charge in [0.05, 0.1) is 11.4 Å². The average Bonchev–Trinajstić information content (AvgIpc) is 3.15. The Hall–Kier alpha value is -2.78. The van der Waals surface area contributed by atoms with Gasteiger partial charge in [-0.3, -0.25) is 19.0 Å².